The summed E-state index contributed by atoms with van der Waals surface area (Å²) < 4.78 is 47.2. The number of piperidine rings is 1. The lowest BCUT2D eigenvalue weighted by atomic mass is 10.1. The minimum atomic E-state index is -0.695. The number of amides is 1. The van der Waals surface area contributed by atoms with Gasteiger partial charge in [-0.15, -0.1) is 5.06 Å². The predicted octanol–water partition coefficient (Wildman–Crippen LogP) is 4.86. The molecule has 2 aromatic carbocycles. The number of aromatic nitrogens is 2. The summed E-state index contributed by atoms with van der Waals surface area (Å²) in [5, 5.41) is 8.20. The second-order valence-corrected chi connectivity index (χ2v) is 8.56. The van der Waals surface area contributed by atoms with Crippen LogP contribution in [0.15, 0.2) is 42.6 Å². The number of fused-ring (bicyclic) bond motifs is 2. The fourth-order valence-electron chi connectivity index (χ4n) is 4.37. The van der Waals surface area contributed by atoms with Crippen LogP contribution in [-0.4, -0.2) is 47.4 Å². The number of nitrogens with zero attached hydrogens (tertiary/aromatic N) is 2. The molecule has 36 heavy (non-hydrogen) atoms. The van der Waals surface area contributed by atoms with Gasteiger partial charge in [0.15, 0.2) is 5.82 Å². The van der Waals surface area contributed by atoms with E-state index in [9.17, 15) is 18.0 Å². The third-order valence-corrected chi connectivity index (χ3v) is 6.24. The van der Waals surface area contributed by atoms with E-state index in [0.717, 1.165) is 12.1 Å². The molecule has 0 saturated carbocycles. The second kappa shape index (κ2) is 10.0. The van der Waals surface area contributed by atoms with Gasteiger partial charge in [0.1, 0.15) is 22.9 Å². The molecule has 3 heterocycles. The van der Waals surface area contributed by atoms with E-state index < -0.39 is 23.5 Å². The number of benzene rings is 2. The zero-order valence-corrected chi connectivity index (χ0v) is 19.4. The van der Waals surface area contributed by atoms with Crippen molar-refractivity contribution in [1.82, 2.24) is 20.3 Å². The maximum Gasteiger partial charge on any atom is 0.430 e. The Bertz CT molecular complexity index is 1380. The van der Waals surface area contributed by atoms with Crippen molar-refractivity contribution in [3.05, 3.63) is 65.7 Å². The van der Waals surface area contributed by atoms with Gasteiger partial charge in [0, 0.05) is 54.4 Å². The van der Waals surface area contributed by atoms with E-state index in [1.165, 1.54) is 19.4 Å². The summed E-state index contributed by atoms with van der Waals surface area (Å²) >= 11 is 0. The van der Waals surface area contributed by atoms with Crippen molar-refractivity contribution in [2.75, 3.05) is 25.5 Å². The van der Waals surface area contributed by atoms with Gasteiger partial charge in [-0.25, -0.2) is 18.0 Å². The molecule has 0 radical (unpaired) electrons. The van der Waals surface area contributed by atoms with Gasteiger partial charge in [-0.1, -0.05) is 0 Å². The average Bonchev–Trinajstić information content (AvgIpc) is 3.32. The summed E-state index contributed by atoms with van der Waals surface area (Å²) in [4.78, 5) is 24.9. The van der Waals surface area contributed by atoms with E-state index >= 15 is 0 Å². The Kier molecular flexibility index (Phi) is 6.66. The first kappa shape index (κ1) is 23.9. The van der Waals surface area contributed by atoms with Crippen LogP contribution < -0.4 is 15.4 Å². The third kappa shape index (κ3) is 4.93. The standard InChI is InChI=1S/C25H24F3N5O3/c1-35-16-11-18-22(4-7-29-23(18)21(28)12-16)32-25(34)36-33-8-5-14(6-9-33)30-13-15-10-17-19(26)2-3-20(27)24(17)31-15/h2-4,7,10-12,14,30-31H,5-6,8-9,13H2,1H3,(H,29,32,34). The largest absolute Gasteiger partial charge is 0.497 e. The Labute approximate surface area is 204 Å². The molecule has 0 atom stereocenters. The van der Waals surface area contributed by atoms with Crippen LogP contribution in [0.5, 0.6) is 5.75 Å². The molecular formula is C25H24F3N5O3. The maximum atomic E-state index is 14.3. The highest BCUT2D eigenvalue weighted by Crippen LogP contribution is 2.29. The minimum absolute atomic E-state index is 0.112. The van der Waals surface area contributed by atoms with Crippen LogP contribution in [0.3, 0.4) is 0 Å². The summed E-state index contributed by atoms with van der Waals surface area (Å²) in [6, 6.07) is 8.34. The van der Waals surface area contributed by atoms with E-state index in [0.29, 0.717) is 55.0 Å². The SMILES string of the molecule is COc1cc(F)c2nccc(NC(=O)ON3CCC(NCc4cc5c(F)ccc(F)c5[nH]4)CC3)c2c1. The molecule has 5 rings (SSSR count). The zero-order chi connectivity index (χ0) is 25.2. The number of ether oxygens (including phenoxy) is 1. The predicted molar refractivity (Wildman–Crippen MR) is 128 cm³/mol. The van der Waals surface area contributed by atoms with E-state index in [1.807, 2.05) is 0 Å². The molecule has 0 unspecified atom stereocenters. The number of carbonyl (C=O) groups is 1. The Morgan fingerprint density at radius 3 is 2.61 bits per heavy atom. The molecule has 1 aliphatic heterocycles. The quantitative estimate of drug-likeness (QED) is 0.351. The number of rotatable bonds is 6. The van der Waals surface area contributed by atoms with Crippen LogP contribution in [0.4, 0.5) is 23.7 Å². The maximum absolute atomic E-state index is 14.3. The molecule has 1 saturated heterocycles. The number of nitrogens with one attached hydrogen (secondary N) is 3. The van der Waals surface area contributed by atoms with Gasteiger partial charge in [-0.05, 0) is 43.2 Å². The van der Waals surface area contributed by atoms with Gasteiger partial charge in [0.2, 0.25) is 0 Å². The van der Waals surface area contributed by atoms with Gasteiger partial charge in [-0.3, -0.25) is 10.3 Å². The first-order chi connectivity index (χ1) is 17.4. The fourth-order valence-corrected chi connectivity index (χ4v) is 4.37. The topological polar surface area (TPSA) is 91.5 Å². The first-order valence-electron chi connectivity index (χ1n) is 11.5. The first-order valence-corrected chi connectivity index (χ1v) is 11.5. The van der Waals surface area contributed by atoms with E-state index in [4.69, 9.17) is 9.57 Å². The molecule has 1 aliphatic rings. The normalized spacial score (nSPS) is 14.9. The smallest absolute Gasteiger partial charge is 0.430 e. The number of H-pyrrole nitrogens is 1. The van der Waals surface area contributed by atoms with Crippen LogP contribution in [0, 0.1) is 17.5 Å². The molecule has 8 nitrogen and oxygen atoms in total. The van der Waals surface area contributed by atoms with Crippen LogP contribution in [0.2, 0.25) is 0 Å². The highest BCUT2D eigenvalue weighted by atomic mass is 19.1. The summed E-state index contributed by atoms with van der Waals surface area (Å²) in [5.41, 5.74) is 1.31. The number of hydrogen-bond acceptors (Lipinski definition) is 6. The van der Waals surface area contributed by atoms with E-state index in [1.54, 1.807) is 23.3 Å². The number of hydroxylamine groups is 2. The summed E-state index contributed by atoms with van der Waals surface area (Å²) in [6.45, 7) is 1.43. The lowest BCUT2D eigenvalue weighted by molar-refractivity contribution is -0.109. The number of carbonyl (C=O) groups excluding carboxylic acids is 1. The molecule has 1 fully saturated rings. The van der Waals surface area contributed by atoms with Crippen LogP contribution in [0.25, 0.3) is 21.8 Å². The van der Waals surface area contributed by atoms with Crippen molar-refractivity contribution in [2.24, 2.45) is 0 Å². The third-order valence-electron chi connectivity index (χ3n) is 6.24. The number of halogens is 3. The molecule has 2 aromatic heterocycles. The molecule has 3 N–H and O–H groups in total. The monoisotopic (exact) mass is 499 g/mol. The zero-order valence-electron chi connectivity index (χ0n) is 19.4. The van der Waals surface area contributed by atoms with Gasteiger partial charge in [0.25, 0.3) is 0 Å². The van der Waals surface area contributed by atoms with Gasteiger partial charge in [0.05, 0.1) is 18.3 Å². The number of anilines is 1. The molecule has 188 valence electrons. The van der Waals surface area contributed by atoms with Crippen molar-refractivity contribution in [3.8, 4) is 5.75 Å². The van der Waals surface area contributed by atoms with E-state index in [-0.39, 0.29) is 22.5 Å². The van der Waals surface area contributed by atoms with Gasteiger partial charge < -0.3 is 19.9 Å². The van der Waals surface area contributed by atoms with Crippen molar-refractivity contribution in [3.63, 3.8) is 0 Å². The average molecular weight is 499 g/mol. The molecule has 11 heteroatoms. The number of aromatic amines is 1. The van der Waals surface area contributed by atoms with Gasteiger partial charge >= 0.3 is 6.09 Å². The molecule has 0 bridgehead atoms. The Balaban J connectivity index is 1.14. The van der Waals surface area contributed by atoms with Crippen molar-refractivity contribution >= 4 is 33.6 Å². The van der Waals surface area contributed by atoms with Crippen molar-refractivity contribution < 1.29 is 27.5 Å². The molecule has 0 spiro atoms. The lowest BCUT2D eigenvalue weighted by Crippen LogP contribution is -2.43. The highest BCUT2D eigenvalue weighted by Gasteiger charge is 2.23. The van der Waals surface area contributed by atoms with Crippen molar-refractivity contribution in [2.45, 2.75) is 25.4 Å². The molecular weight excluding hydrogens is 475 g/mol. The minimum Gasteiger partial charge on any atom is -0.497 e. The fraction of sp³-hybridized carbons (Fsp3) is 0.280. The summed E-state index contributed by atoms with van der Waals surface area (Å²) in [6.07, 6.45) is 2.12. The van der Waals surface area contributed by atoms with Crippen LogP contribution in [-0.2, 0) is 11.4 Å². The lowest BCUT2D eigenvalue weighted by Gasteiger charge is -2.30. The Morgan fingerprint density at radius 2 is 1.86 bits per heavy atom. The summed E-state index contributed by atoms with van der Waals surface area (Å²) in [7, 11) is 1.43. The Morgan fingerprint density at radius 1 is 1.08 bits per heavy atom. The number of hydrogen-bond donors (Lipinski definition) is 3. The summed E-state index contributed by atoms with van der Waals surface area (Å²) in [5.74, 6) is -1.22. The van der Waals surface area contributed by atoms with Crippen LogP contribution in [0.1, 0.15) is 18.5 Å². The molecule has 4 aromatic rings. The van der Waals surface area contributed by atoms with Gasteiger partial charge in [-0.2, -0.15) is 0 Å². The number of pyridine rings is 1. The second-order valence-electron chi connectivity index (χ2n) is 8.56. The number of methoxy groups -OCH3 is 1. The highest BCUT2D eigenvalue weighted by molar-refractivity contribution is 5.99. The van der Waals surface area contributed by atoms with E-state index in [2.05, 4.69) is 20.6 Å². The van der Waals surface area contributed by atoms with Crippen molar-refractivity contribution in [1.29, 1.82) is 0 Å². The molecule has 1 amide bonds. The van der Waals surface area contributed by atoms with Crippen LogP contribution >= 0.6 is 0 Å². The molecule has 0 aliphatic carbocycles. The Hall–Kier alpha value is -3.83.